The molecule has 6 atom stereocenters. The molecule has 37 heavy (non-hydrogen) atoms. The lowest BCUT2D eigenvalue weighted by Gasteiger charge is -2.30. The summed E-state index contributed by atoms with van der Waals surface area (Å²) in [6.45, 7) is 1.92. The number of rotatable bonds is 10. The van der Waals surface area contributed by atoms with Crippen LogP contribution >= 0.6 is 8.18 Å². The summed E-state index contributed by atoms with van der Waals surface area (Å²) >= 11 is 0. The van der Waals surface area contributed by atoms with Crippen LogP contribution in [0.2, 0.25) is 0 Å². The SMILES string of the molecule is C[C@@H](C(=O)OC1CCC1)N(OC[C@H]1O[C@@H](n2ccc(=O)[nH]c2=O)[C@](C)(F)[C@@H]1O)[PH](=O)Oc1ccccc1. The Bertz CT molecular complexity index is 1230. The highest BCUT2D eigenvalue weighted by molar-refractivity contribution is 7.36. The van der Waals surface area contributed by atoms with Crippen LogP contribution in [0.5, 0.6) is 5.75 Å². The van der Waals surface area contributed by atoms with Crippen LogP contribution in [0.25, 0.3) is 0 Å². The van der Waals surface area contributed by atoms with Crippen LogP contribution in [0.3, 0.4) is 0 Å². The van der Waals surface area contributed by atoms with Crippen LogP contribution in [0.1, 0.15) is 39.3 Å². The maximum Gasteiger partial charge on any atom is 0.331 e. The highest BCUT2D eigenvalue weighted by Gasteiger charge is 2.55. The highest BCUT2D eigenvalue weighted by Crippen LogP contribution is 2.41. The number of ether oxygens (including phenoxy) is 2. The average Bonchev–Trinajstić information content (AvgIpc) is 3.05. The second kappa shape index (κ2) is 11.3. The van der Waals surface area contributed by atoms with Gasteiger partial charge in [-0.1, -0.05) is 23.0 Å². The van der Waals surface area contributed by atoms with Gasteiger partial charge in [0.2, 0.25) is 0 Å². The zero-order chi connectivity index (χ0) is 26.7. The number of hydroxylamine groups is 1. The fourth-order valence-corrected chi connectivity index (χ4v) is 4.95. The van der Waals surface area contributed by atoms with E-state index in [1.807, 2.05) is 4.98 Å². The molecule has 4 rings (SSSR count). The number of aromatic nitrogens is 2. The van der Waals surface area contributed by atoms with E-state index in [4.69, 9.17) is 18.8 Å². The lowest BCUT2D eigenvalue weighted by atomic mass is 9.96. The van der Waals surface area contributed by atoms with E-state index in [9.17, 15) is 24.1 Å². The van der Waals surface area contributed by atoms with E-state index in [2.05, 4.69) is 0 Å². The number of H-pyrrole nitrogens is 1. The van der Waals surface area contributed by atoms with Gasteiger partial charge in [-0.05, 0) is 45.2 Å². The second-order valence-corrected chi connectivity index (χ2v) is 10.3. The van der Waals surface area contributed by atoms with E-state index >= 15 is 4.39 Å². The van der Waals surface area contributed by atoms with Gasteiger partial charge in [-0.2, -0.15) is 0 Å². The number of hydrogen-bond acceptors (Lipinski definition) is 9. The molecule has 2 aliphatic rings. The molecule has 0 amide bonds. The molecule has 2 heterocycles. The van der Waals surface area contributed by atoms with Crippen molar-refractivity contribution in [3.63, 3.8) is 0 Å². The smallest absolute Gasteiger partial charge is 0.331 e. The minimum absolute atomic E-state index is 0.224. The molecule has 12 nitrogen and oxygen atoms in total. The monoisotopic (exact) mass is 541 g/mol. The third-order valence-corrected chi connectivity index (χ3v) is 7.64. The van der Waals surface area contributed by atoms with Crippen LogP contribution < -0.4 is 15.8 Å². The Morgan fingerprint density at radius 1 is 1.32 bits per heavy atom. The zero-order valence-electron chi connectivity index (χ0n) is 20.2. The molecule has 2 fully saturated rings. The Labute approximate surface area is 211 Å². The first-order valence-corrected chi connectivity index (χ1v) is 13.1. The van der Waals surface area contributed by atoms with Crippen molar-refractivity contribution in [3.8, 4) is 5.75 Å². The number of hydrogen-bond donors (Lipinski definition) is 2. The first-order valence-electron chi connectivity index (χ1n) is 11.8. The topological polar surface area (TPSA) is 149 Å². The summed E-state index contributed by atoms with van der Waals surface area (Å²) in [5.74, 6) is -0.411. The Kier molecular flexibility index (Phi) is 8.29. The first-order chi connectivity index (χ1) is 17.6. The van der Waals surface area contributed by atoms with E-state index in [1.54, 1.807) is 30.3 Å². The number of carbonyl (C=O) groups excluding carboxylic acids is 1. The number of aromatic amines is 1. The van der Waals surface area contributed by atoms with Crippen molar-refractivity contribution >= 4 is 14.1 Å². The van der Waals surface area contributed by atoms with Crippen LogP contribution in [0, 0.1) is 0 Å². The summed E-state index contributed by atoms with van der Waals surface area (Å²) < 4.78 is 45.9. The summed E-state index contributed by atoms with van der Waals surface area (Å²) in [5.41, 5.74) is -4.06. The lowest BCUT2D eigenvalue weighted by Crippen LogP contribution is -2.44. The van der Waals surface area contributed by atoms with E-state index in [-0.39, 0.29) is 11.9 Å². The van der Waals surface area contributed by atoms with Crippen molar-refractivity contribution in [1.29, 1.82) is 0 Å². The Hall–Kier alpha value is -2.83. The molecule has 1 aromatic heterocycles. The molecule has 1 aliphatic heterocycles. The van der Waals surface area contributed by atoms with Crippen molar-refractivity contribution in [3.05, 3.63) is 63.4 Å². The van der Waals surface area contributed by atoms with Gasteiger partial charge in [0.15, 0.2) is 11.9 Å². The van der Waals surface area contributed by atoms with Gasteiger partial charge in [0.05, 0.1) is 6.61 Å². The van der Waals surface area contributed by atoms with Gasteiger partial charge in [-0.3, -0.25) is 28.5 Å². The number of nitrogens with one attached hydrogen (secondary N) is 1. The number of nitrogens with zero attached hydrogens (tertiary/aromatic N) is 2. The number of carbonyl (C=O) groups is 1. The van der Waals surface area contributed by atoms with Gasteiger partial charge in [0.1, 0.15) is 30.1 Å². The molecule has 1 saturated heterocycles. The number of halogens is 1. The number of aliphatic hydroxyl groups excluding tert-OH is 1. The quantitative estimate of drug-likeness (QED) is 0.259. The number of aliphatic hydroxyl groups is 1. The van der Waals surface area contributed by atoms with Crippen LogP contribution in [0.15, 0.2) is 52.2 Å². The van der Waals surface area contributed by atoms with E-state index < -0.39 is 62.2 Å². The van der Waals surface area contributed by atoms with Gasteiger partial charge in [-0.25, -0.2) is 9.18 Å². The largest absolute Gasteiger partial charge is 0.461 e. The highest BCUT2D eigenvalue weighted by atomic mass is 31.1. The Morgan fingerprint density at radius 2 is 2.03 bits per heavy atom. The molecule has 2 N–H and O–H groups in total. The molecule has 0 radical (unpaired) electrons. The first kappa shape index (κ1) is 27.2. The van der Waals surface area contributed by atoms with Gasteiger partial charge < -0.3 is 19.1 Å². The molecule has 1 saturated carbocycles. The van der Waals surface area contributed by atoms with Crippen LogP contribution in [0.4, 0.5) is 4.39 Å². The number of benzene rings is 1. The van der Waals surface area contributed by atoms with Crippen molar-refractivity contribution in [2.45, 2.75) is 69.4 Å². The minimum Gasteiger partial charge on any atom is -0.461 e. The molecule has 1 aromatic carbocycles. The van der Waals surface area contributed by atoms with Crippen molar-refractivity contribution in [1.82, 2.24) is 14.4 Å². The van der Waals surface area contributed by atoms with Crippen molar-refractivity contribution in [2.24, 2.45) is 0 Å². The molecular formula is C23H29FN3O9P. The maximum absolute atomic E-state index is 15.5. The molecule has 0 bridgehead atoms. The fraction of sp³-hybridized carbons (Fsp3) is 0.522. The summed E-state index contributed by atoms with van der Waals surface area (Å²) in [7, 11) is -3.23. The summed E-state index contributed by atoms with van der Waals surface area (Å²) in [6.07, 6.45) is -1.45. The Morgan fingerprint density at radius 3 is 2.65 bits per heavy atom. The Balaban J connectivity index is 1.50. The number of alkyl halides is 1. The molecule has 2 aromatic rings. The maximum atomic E-state index is 15.5. The summed E-state index contributed by atoms with van der Waals surface area (Å²) in [5, 5.41) is 10.6. The van der Waals surface area contributed by atoms with Crippen molar-refractivity contribution in [2.75, 3.05) is 6.61 Å². The molecule has 1 unspecified atom stereocenters. The zero-order valence-corrected chi connectivity index (χ0v) is 21.2. The minimum atomic E-state index is -3.23. The van der Waals surface area contributed by atoms with Gasteiger partial charge in [0.25, 0.3) is 5.56 Å². The van der Waals surface area contributed by atoms with E-state index in [0.717, 1.165) is 47.9 Å². The van der Waals surface area contributed by atoms with Gasteiger partial charge in [0, 0.05) is 12.3 Å². The van der Waals surface area contributed by atoms with Gasteiger partial charge in [-0.15, -0.1) is 0 Å². The molecule has 202 valence electrons. The predicted molar refractivity (Wildman–Crippen MR) is 128 cm³/mol. The van der Waals surface area contributed by atoms with Crippen LogP contribution in [-0.4, -0.2) is 62.1 Å². The standard InChI is InChI=1S/C23H29FN3O9P/c1-14(20(30)34-15-9-6-10-15)27(37(32)36-16-7-4-3-5-8-16)33-13-17-19(29)23(2,24)21(35-17)26-12-11-18(28)25-22(26)31/h3-5,7-8,11-12,14-15,17,19,21,29,37H,6,9-10,13H2,1-2H3,(H,25,28,31)/t14-,17+,19+,21+,23+/m0/s1. The molecule has 0 spiro atoms. The van der Waals surface area contributed by atoms with Gasteiger partial charge >= 0.3 is 19.8 Å². The number of esters is 1. The number of para-hydroxylation sites is 1. The summed E-state index contributed by atoms with van der Waals surface area (Å²) in [4.78, 5) is 44.7. The predicted octanol–water partition coefficient (Wildman–Crippen LogP) is 1.71. The van der Waals surface area contributed by atoms with E-state index in [1.165, 1.54) is 6.92 Å². The molecule has 14 heteroatoms. The average molecular weight is 541 g/mol. The van der Waals surface area contributed by atoms with Crippen LogP contribution in [-0.2, 0) is 23.7 Å². The molecular weight excluding hydrogens is 512 g/mol. The fourth-order valence-electron chi connectivity index (χ4n) is 3.92. The third kappa shape index (κ3) is 6.02. The van der Waals surface area contributed by atoms with Crippen molar-refractivity contribution < 1.29 is 37.7 Å². The molecule has 1 aliphatic carbocycles. The summed E-state index contributed by atoms with van der Waals surface area (Å²) in [6, 6.07) is 8.09. The van der Waals surface area contributed by atoms with E-state index in [0.29, 0.717) is 0 Å². The third-order valence-electron chi connectivity index (χ3n) is 6.35. The normalized spacial score (nSPS) is 27.4. The lowest BCUT2D eigenvalue weighted by molar-refractivity contribution is -0.186. The second-order valence-electron chi connectivity index (χ2n) is 9.11.